The standard InChI is InChI=1S/C14H21F3N4O/c1-13(2,3)21-6-9(7-21)5-18-12(22)10-8-20(4)19-11(10)14(15,16)17/h8-9H,5-7H2,1-4H3,(H,18,22). The van der Waals surface area contributed by atoms with Gasteiger partial charge >= 0.3 is 6.18 Å². The molecule has 0 aromatic carbocycles. The minimum absolute atomic E-state index is 0.0767. The monoisotopic (exact) mass is 318 g/mol. The number of alkyl halides is 3. The molecule has 1 saturated heterocycles. The smallest absolute Gasteiger partial charge is 0.352 e. The Kier molecular flexibility index (Phi) is 4.25. The lowest BCUT2D eigenvalue weighted by Gasteiger charge is -2.47. The predicted octanol–water partition coefficient (Wildman–Crippen LogP) is 1.90. The first-order valence-electron chi connectivity index (χ1n) is 7.12. The van der Waals surface area contributed by atoms with Gasteiger partial charge in [0, 0.05) is 44.3 Å². The molecule has 1 aromatic rings. The van der Waals surface area contributed by atoms with Gasteiger partial charge in [-0.05, 0) is 20.8 Å². The first-order chi connectivity index (χ1) is 9.98. The summed E-state index contributed by atoms with van der Waals surface area (Å²) >= 11 is 0. The fraction of sp³-hybridized carbons (Fsp3) is 0.714. The Bertz CT molecular complexity index is 553. The first-order valence-corrected chi connectivity index (χ1v) is 7.12. The Morgan fingerprint density at radius 2 is 1.95 bits per heavy atom. The van der Waals surface area contributed by atoms with Crippen LogP contribution in [0.2, 0.25) is 0 Å². The molecule has 1 fully saturated rings. The van der Waals surface area contributed by atoms with Gasteiger partial charge in [-0.3, -0.25) is 14.4 Å². The Labute approximate surface area is 127 Å². The predicted molar refractivity (Wildman–Crippen MR) is 75.4 cm³/mol. The summed E-state index contributed by atoms with van der Waals surface area (Å²) in [5.74, 6) is -0.455. The Morgan fingerprint density at radius 3 is 2.45 bits per heavy atom. The molecule has 5 nitrogen and oxygen atoms in total. The van der Waals surface area contributed by atoms with E-state index in [2.05, 4.69) is 36.1 Å². The topological polar surface area (TPSA) is 50.2 Å². The number of amides is 1. The zero-order chi connectivity index (χ0) is 16.7. The van der Waals surface area contributed by atoms with E-state index in [0.717, 1.165) is 24.0 Å². The SMILES string of the molecule is Cn1cc(C(=O)NCC2CN(C(C)(C)C)C2)c(C(F)(F)F)n1. The van der Waals surface area contributed by atoms with Crippen LogP contribution in [0.15, 0.2) is 6.20 Å². The minimum atomic E-state index is -4.63. The molecule has 0 spiro atoms. The molecule has 1 amide bonds. The van der Waals surface area contributed by atoms with E-state index in [1.165, 1.54) is 7.05 Å². The van der Waals surface area contributed by atoms with Gasteiger partial charge in [0.2, 0.25) is 0 Å². The summed E-state index contributed by atoms with van der Waals surface area (Å²) in [6, 6.07) is 0. The average Bonchev–Trinajstić information content (AvgIpc) is 2.67. The van der Waals surface area contributed by atoms with Crippen LogP contribution in [-0.4, -0.2) is 45.8 Å². The first kappa shape index (κ1) is 16.8. The summed E-state index contributed by atoms with van der Waals surface area (Å²) in [4.78, 5) is 14.2. The zero-order valence-electron chi connectivity index (χ0n) is 13.2. The number of halogens is 3. The van der Waals surface area contributed by atoms with Crippen LogP contribution in [0.3, 0.4) is 0 Å². The maximum absolute atomic E-state index is 12.8. The van der Waals surface area contributed by atoms with E-state index in [4.69, 9.17) is 0 Å². The van der Waals surface area contributed by atoms with Gasteiger partial charge in [0.25, 0.3) is 5.91 Å². The van der Waals surface area contributed by atoms with Crippen molar-refractivity contribution in [2.45, 2.75) is 32.5 Å². The number of carbonyl (C=O) groups excluding carboxylic acids is 1. The van der Waals surface area contributed by atoms with Crippen molar-refractivity contribution in [3.8, 4) is 0 Å². The number of rotatable bonds is 3. The second-order valence-corrected chi connectivity index (χ2v) is 6.71. The normalized spacial score (nSPS) is 17.4. The third-order valence-electron chi connectivity index (χ3n) is 3.80. The van der Waals surface area contributed by atoms with Gasteiger partial charge in [0.1, 0.15) is 0 Å². The Balaban J connectivity index is 1.92. The van der Waals surface area contributed by atoms with Crippen LogP contribution in [0, 0.1) is 5.92 Å². The summed E-state index contributed by atoms with van der Waals surface area (Å²) in [7, 11) is 1.36. The molecule has 1 N–H and O–H groups in total. The summed E-state index contributed by atoms with van der Waals surface area (Å²) < 4.78 is 39.5. The van der Waals surface area contributed by atoms with Crippen molar-refractivity contribution in [3.05, 3.63) is 17.5 Å². The van der Waals surface area contributed by atoms with Crippen LogP contribution in [0.25, 0.3) is 0 Å². The molecule has 2 heterocycles. The third kappa shape index (κ3) is 3.60. The summed E-state index contributed by atoms with van der Waals surface area (Å²) in [5, 5.41) is 5.91. The molecule has 2 rings (SSSR count). The lowest BCUT2D eigenvalue weighted by atomic mass is 9.92. The van der Waals surface area contributed by atoms with Gasteiger partial charge in [-0.2, -0.15) is 18.3 Å². The second kappa shape index (κ2) is 5.57. The number of nitrogens with one attached hydrogen (secondary N) is 1. The van der Waals surface area contributed by atoms with Gasteiger partial charge in [-0.1, -0.05) is 0 Å². The molecular formula is C14H21F3N4O. The second-order valence-electron chi connectivity index (χ2n) is 6.71. The minimum Gasteiger partial charge on any atom is -0.352 e. The zero-order valence-corrected chi connectivity index (χ0v) is 13.2. The molecule has 0 bridgehead atoms. The van der Waals surface area contributed by atoms with Crippen molar-refractivity contribution < 1.29 is 18.0 Å². The van der Waals surface area contributed by atoms with E-state index in [1.807, 2.05) is 0 Å². The highest BCUT2D eigenvalue weighted by atomic mass is 19.4. The van der Waals surface area contributed by atoms with Crippen LogP contribution >= 0.6 is 0 Å². The molecule has 1 aliphatic heterocycles. The van der Waals surface area contributed by atoms with Crippen molar-refractivity contribution in [1.82, 2.24) is 20.0 Å². The van der Waals surface area contributed by atoms with Crippen LogP contribution < -0.4 is 5.32 Å². The van der Waals surface area contributed by atoms with E-state index in [0.29, 0.717) is 6.54 Å². The highest BCUT2D eigenvalue weighted by Gasteiger charge is 2.39. The fourth-order valence-electron chi connectivity index (χ4n) is 2.44. The molecule has 8 heteroatoms. The average molecular weight is 318 g/mol. The largest absolute Gasteiger partial charge is 0.435 e. The maximum Gasteiger partial charge on any atom is 0.435 e. The third-order valence-corrected chi connectivity index (χ3v) is 3.80. The lowest BCUT2D eigenvalue weighted by Crippen LogP contribution is -2.58. The van der Waals surface area contributed by atoms with Gasteiger partial charge in [0.05, 0.1) is 5.56 Å². The van der Waals surface area contributed by atoms with Crippen molar-refractivity contribution in [3.63, 3.8) is 0 Å². The Morgan fingerprint density at radius 1 is 1.36 bits per heavy atom. The molecule has 0 radical (unpaired) electrons. The summed E-state index contributed by atoms with van der Waals surface area (Å²) in [5.41, 5.74) is -1.49. The van der Waals surface area contributed by atoms with E-state index >= 15 is 0 Å². The molecular weight excluding hydrogens is 297 g/mol. The van der Waals surface area contributed by atoms with Gasteiger partial charge in [-0.25, -0.2) is 0 Å². The van der Waals surface area contributed by atoms with Crippen molar-refractivity contribution in [2.24, 2.45) is 13.0 Å². The van der Waals surface area contributed by atoms with Gasteiger partial charge in [0.15, 0.2) is 5.69 Å². The fourth-order valence-corrected chi connectivity index (χ4v) is 2.44. The number of hydrogen-bond donors (Lipinski definition) is 1. The molecule has 0 unspecified atom stereocenters. The number of carbonyl (C=O) groups is 1. The van der Waals surface area contributed by atoms with E-state index < -0.39 is 23.3 Å². The number of aromatic nitrogens is 2. The van der Waals surface area contributed by atoms with E-state index in [1.54, 1.807) is 0 Å². The number of likely N-dealkylation sites (tertiary alicyclic amines) is 1. The van der Waals surface area contributed by atoms with Crippen molar-refractivity contribution >= 4 is 5.91 Å². The molecule has 1 aliphatic rings. The quantitative estimate of drug-likeness (QED) is 0.926. The number of hydrogen-bond acceptors (Lipinski definition) is 3. The Hall–Kier alpha value is -1.57. The summed E-state index contributed by atoms with van der Waals surface area (Å²) in [6.07, 6.45) is -3.53. The maximum atomic E-state index is 12.8. The molecule has 0 saturated carbocycles. The number of aryl methyl sites for hydroxylation is 1. The van der Waals surface area contributed by atoms with Crippen LogP contribution in [0.1, 0.15) is 36.8 Å². The number of nitrogens with zero attached hydrogens (tertiary/aromatic N) is 3. The molecule has 0 atom stereocenters. The van der Waals surface area contributed by atoms with Crippen molar-refractivity contribution in [1.29, 1.82) is 0 Å². The van der Waals surface area contributed by atoms with E-state index in [9.17, 15) is 18.0 Å². The van der Waals surface area contributed by atoms with Crippen LogP contribution in [0.5, 0.6) is 0 Å². The van der Waals surface area contributed by atoms with E-state index in [-0.39, 0.29) is 11.5 Å². The molecule has 1 aromatic heterocycles. The molecule has 0 aliphatic carbocycles. The molecule has 22 heavy (non-hydrogen) atoms. The van der Waals surface area contributed by atoms with Crippen molar-refractivity contribution in [2.75, 3.05) is 19.6 Å². The van der Waals surface area contributed by atoms with Gasteiger partial charge in [-0.15, -0.1) is 0 Å². The van der Waals surface area contributed by atoms with Crippen LogP contribution in [-0.2, 0) is 13.2 Å². The summed E-state index contributed by atoms with van der Waals surface area (Å²) in [6.45, 7) is 8.36. The highest BCUT2D eigenvalue weighted by molar-refractivity contribution is 5.95. The highest BCUT2D eigenvalue weighted by Crippen LogP contribution is 2.30. The molecule has 124 valence electrons. The van der Waals surface area contributed by atoms with Crippen LogP contribution in [0.4, 0.5) is 13.2 Å². The lowest BCUT2D eigenvalue weighted by molar-refractivity contribution is -0.141. The van der Waals surface area contributed by atoms with Gasteiger partial charge < -0.3 is 5.32 Å².